The van der Waals surface area contributed by atoms with Gasteiger partial charge in [-0.3, -0.25) is 0 Å². The fourth-order valence-corrected chi connectivity index (χ4v) is 11.4. The summed E-state index contributed by atoms with van der Waals surface area (Å²) in [6.45, 7) is 9.69. The Labute approximate surface area is 376 Å². The van der Waals surface area contributed by atoms with E-state index in [1.165, 1.54) is 77.5 Å². The highest BCUT2D eigenvalue weighted by atomic mass is 15.1. The molecule has 9 aromatic carbocycles. The Kier molecular flexibility index (Phi) is 8.71. The lowest BCUT2D eigenvalue weighted by molar-refractivity contribution is 0.643. The smallest absolute Gasteiger partial charge is 0.0540 e. The van der Waals surface area contributed by atoms with Crippen LogP contribution in [0.15, 0.2) is 231 Å². The maximum atomic E-state index is 4.97. The Morgan fingerprint density at radius 2 is 0.922 bits per heavy atom. The topological polar surface area (TPSA) is 3.24 Å². The van der Waals surface area contributed by atoms with Crippen molar-refractivity contribution in [1.29, 1.82) is 0 Å². The average Bonchev–Trinajstić information content (AvgIpc) is 3.78. The zero-order valence-corrected chi connectivity index (χ0v) is 36.2. The van der Waals surface area contributed by atoms with Gasteiger partial charge in [0.1, 0.15) is 0 Å². The van der Waals surface area contributed by atoms with Crippen molar-refractivity contribution in [2.75, 3.05) is 4.90 Å². The molecule has 1 heteroatoms. The maximum Gasteiger partial charge on any atom is 0.0540 e. The van der Waals surface area contributed by atoms with E-state index in [-0.39, 0.29) is 10.8 Å². The normalized spacial score (nSPS) is 16.3. The largest absolute Gasteiger partial charge is 0.310 e. The van der Waals surface area contributed by atoms with Gasteiger partial charge in [0.2, 0.25) is 0 Å². The summed E-state index contributed by atoms with van der Waals surface area (Å²) < 4.78 is 0. The minimum atomic E-state index is -0.346. The molecule has 3 aliphatic carbocycles. The summed E-state index contributed by atoms with van der Waals surface area (Å²) in [4.78, 5) is 2.46. The zero-order valence-electron chi connectivity index (χ0n) is 36.2. The van der Waals surface area contributed by atoms with E-state index in [0.29, 0.717) is 0 Å². The second-order valence-electron chi connectivity index (χ2n) is 18.1. The minimum Gasteiger partial charge on any atom is -0.310 e. The first-order valence-electron chi connectivity index (χ1n) is 22.5. The lowest BCUT2D eigenvalue weighted by Crippen LogP contribution is -2.27. The Bertz CT molecular complexity index is 3350. The van der Waals surface area contributed by atoms with Gasteiger partial charge in [-0.1, -0.05) is 215 Å². The highest BCUT2D eigenvalue weighted by Crippen LogP contribution is 2.57. The van der Waals surface area contributed by atoms with Crippen molar-refractivity contribution in [2.24, 2.45) is 0 Å². The molecule has 0 N–H and O–H groups in total. The molecule has 0 fully saturated rings. The number of hydrogen-bond donors (Lipinski definition) is 0. The quantitative estimate of drug-likeness (QED) is 0.167. The van der Waals surface area contributed by atoms with Gasteiger partial charge in [0.15, 0.2) is 0 Å². The number of rotatable bonds is 5. The fraction of sp³-hybridized carbons (Fsp3) is 0.0794. The van der Waals surface area contributed by atoms with E-state index in [1.807, 2.05) is 0 Å². The van der Waals surface area contributed by atoms with Crippen molar-refractivity contribution in [3.05, 3.63) is 270 Å². The van der Waals surface area contributed by atoms with Crippen LogP contribution in [0.1, 0.15) is 59.2 Å². The van der Waals surface area contributed by atoms with Crippen molar-refractivity contribution in [2.45, 2.75) is 31.1 Å². The van der Waals surface area contributed by atoms with Crippen LogP contribution in [-0.2, 0) is 10.8 Å². The monoisotopic (exact) mass is 817 g/mol. The average molecular weight is 818 g/mol. The molecule has 1 nitrogen and oxygen atoms in total. The van der Waals surface area contributed by atoms with Gasteiger partial charge in [-0.05, 0) is 126 Å². The maximum absolute atomic E-state index is 4.97. The van der Waals surface area contributed by atoms with Gasteiger partial charge >= 0.3 is 0 Å². The molecule has 0 aliphatic heterocycles. The van der Waals surface area contributed by atoms with Gasteiger partial charge < -0.3 is 4.90 Å². The van der Waals surface area contributed by atoms with Crippen molar-refractivity contribution < 1.29 is 0 Å². The molecular formula is C63H47N. The molecule has 0 aromatic heterocycles. The van der Waals surface area contributed by atoms with Gasteiger partial charge in [0, 0.05) is 22.2 Å². The van der Waals surface area contributed by atoms with E-state index < -0.39 is 0 Å². The Hall–Kier alpha value is -7.74. The summed E-state index contributed by atoms with van der Waals surface area (Å²) in [5.74, 6) is 0. The van der Waals surface area contributed by atoms with Gasteiger partial charge in [-0.15, -0.1) is 0 Å². The number of allylic oxidation sites excluding steroid dienone is 5. The highest BCUT2D eigenvalue weighted by Gasteiger charge is 2.45. The molecule has 1 spiro atoms. The molecule has 0 saturated heterocycles. The van der Waals surface area contributed by atoms with E-state index in [0.717, 1.165) is 40.2 Å². The molecule has 3 aliphatic rings. The van der Waals surface area contributed by atoms with Crippen molar-refractivity contribution in [3.63, 3.8) is 0 Å². The Morgan fingerprint density at radius 3 is 1.61 bits per heavy atom. The molecule has 9 aromatic rings. The van der Waals surface area contributed by atoms with Crippen LogP contribution in [0.4, 0.5) is 17.1 Å². The Balaban J connectivity index is 1.02. The van der Waals surface area contributed by atoms with Gasteiger partial charge in [0.05, 0.1) is 11.1 Å². The van der Waals surface area contributed by atoms with E-state index in [2.05, 4.69) is 243 Å². The van der Waals surface area contributed by atoms with E-state index in [4.69, 9.17) is 6.58 Å². The summed E-state index contributed by atoms with van der Waals surface area (Å²) in [5, 5.41) is 2.36. The molecule has 0 radical (unpaired) electrons. The van der Waals surface area contributed by atoms with E-state index in [1.54, 1.807) is 0 Å². The van der Waals surface area contributed by atoms with Gasteiger partial charge in [-0.2, -0.15) is 0 Å². The number of nitrogens with zero attached hydrogens (tertiary/aromatic N) is 1. The van der Waals surface area contributed by atoms with E-state index >= 15 is 0 Å². The van der Waals surface area contributed by atoms with Crippen LogP contribution >= 0.6 is 0 Å². The third-order valence-electron chi connectivity index (χ3n) is 14.4. The molecule has 64 heavy (non-hydrogen) atoms. The van der Waals surface area contributed by atoms with Gasteiger partial charge in [0.25, 0.3) is 0 Å². The van der Waals surface area contributed by atoms with Crippen LogP contribution in [0, 0.1) is 0 Å². The first-order chi connectivity index (χ1) is 31.4. The molecule has 0 amide bonds. The number of hydrogen-bond acceptors (Lipinski definition) is 1. The third kappa shape index (κ3) is 5.64. The molecular weight excluding hydrogens is 771 g/mol. The van der Waals surface area contributed by atoms with Gasteiger partial charge in [-0.25, -0.2) is 0 Å². The summed E-state index contributed by atoms with van der Waals surface area (Å²) in [7, 11) is 0. The zero-order chi connectivity index (χ0) is 43.0. The van der Waals surface area contributed by atoms with Crippen molar-refractivity contribution in [1.82, 2.24) is 0 Å². The van der Waals surface area contributed by atoms with Crippen LogP contribution < -0.4 is 4.90 Å². The molecule has 304 valence electrons. The molecule has 0 bridgehead atoms. The van der Waals surface area contributed by atoms with E-state index in [9.17, 15) is 0 Å². The first kappa shape index (κ1) is 38.0. The summed E-state index contributed by atoms with van der Waals surface area (Å²) >= 11 is 0. The SMILES string of the molecule is C=C1/C(c2ccc(N(c3ccc(-c4ccccc4)cc3)c3ccc4c(c3)C(C)(C)c3ccccc3-4)c3ccccc23)=C\C=C/CC2(c3ccccc31)c1ccccc1-c1ccccc12. The van der Waals surface area contributed by atoms with Crippen LogP contribution in [-0.4, -0.2) is 0 Å². The number of anilines is 3. The van der Waals surface area contributed by atoms with Crippen LogP contribution in [0.2, 0.25) is 0 Å². The molecule has 0 atom stereocenters. The lowest BCUT2D eigenvalue weighted by Gasteiger charge is -2.34. The molecule has 0 unspecified atom stereocenters. The highest BCUT2D eigenvalue weighted by molar-refractivity contribution is 6.14. The van der Waals surface area contributed by atoms with Crippen LogP contribution in [0.3, 0.4) is 0 Å². The second kappa shape index (κ2) is 14.7. The number of benzene rings is 9. The standard InChI is InChI=1S/C63H47N/c1-42-47(21-17-18-40-63(57-29-14-9-22-48(42)57)58-30-15-11-25-52(58)53-26-12-16-31-59(53)63)50-38-39-61(55-27-8-7-23-49(50)55)64(45-34-32-44(33-35-45)43-19-5-4-6-20-43)46-36-37-54-51-24-10-13-28-56(51)62(2,3)60(54)41-46/h4-39,41H,1,40H2,2-3H3/b18-17-,47-21+. The molecule has 0 heterocycles. The van der Waals surface area contributed by atoms with Crippen LogP contribution in [0.5, 0.6) is 0 Å². The summed E-state index contributed by atoms with van der Waals surface area (Å²) in [5.41, 5.74) is 21.8. The minimum absolute atomic E-state index is 0.133. The molecule has 0 saturated carbocycles. The number of fused-ring (bicyclic) bond motifs is 11. The summed E-state index contributed by atoms with van der Waals surface area (Å²) in [6.07, 6.45) is 7.78. The first-order valence-corrected chi connectivity index (χ1v) is 22.5. The molecule has 12 rings (SSSR count). The summed E-state index contributed by atoms with van der Waals surface area (Å²) in [6, 6.07) is 76.2. The third-order valence-corrected chi connectivity index (χ3v) is 14.4. The fourth-order valence-electron chi connectivity index (χ4n) is 11.4. The second-order valence-corrected chi connectivity index (χ2v) is 18.1. The van der Waals surface area contributed by atoms with Crippen LogP contribution in [0.25, 0.3) is 55.3 Å². The van der Waals surface area contributed by atoms with Crippen molar-refractivity contribution >= 4 is 39.0 Å². The predicted molar refractivity (Wildman–Crippen MR) is 271 cm³/mol. The predicted octanol–water partition coefficient (Wildman–Crippen LogP) is 16.7. The Morgan fingerprint density at radius 1 is 0.422 bits per heavy atom. The van der Waals surface area contributed by atoms with Crippen molar-refractivity contribution in [3.8, 4) is 33.4 Å². The lowest BCUT2D eigenvalue weighted by atomic mass is 9.68.